The number of nitrogens with one attached hydrogen (secondary N) is 3. The summed E-state index contributed by atoms with van der Waals surface area (Å²) in [6, 6.07) is 5.48. The molecule has 1 aromatic carbocycles. The van der Waals surface area contributed by atoms with E-state index < -0.39 is 22.6 Å². The number of carboxylic acid groups (broad SMARTS) is 1. The van der Waals surface area contributed by atoms with Crippen molar-refractivity contribution in [1.29, 1.82) is 0 Å². The first kappa shape index (κ1) is 19.0. The Morgan fingerprint density at radius 2 is 2.07 bits per heavy atom. The van der Waals surface area contributed by atoms with Crippen molar-refractivity contribution in [3.8, 4) is 0 Å². The Balaban J connectivity index is 1.86. The third-order valence-electron chi connectivity index (χ3n) is 3.64. The van der Waals surface area contributed by atoms with Gasteiger partial charge >= 0.3 is 11.7 Å². The van der Waals surface area contributed by atoms with Gasteiger partial charge in [-0.3, -0.25) is 10.1 Å². The second kappa shape index (κ2) is 8.31. The quantitative estimate of drug-likeness (QED) is 0.327. The molecule has 3 rings (SSSR count). The molecular formula is C16H14ClN7O4. The largest absolute Gasteiger partial charge is 0.480 e. The Kier molecular flexibility index (Phi) is 5.65. The lowest BCUT2D eigenvalue weighted by molar-refractivity contribution is -0.384. The van der Waals surface area contributed by atoms with Crippen molar-refractivity contribution < 1.29 is 14.8 Å². The van der Waals surface area contributed by atoms with Gasteiger partial charge in [-0.1, -0.05) is 11.6 Å². The van der Waals surface area contributed by atoms with E-state index in [2.05, 4.69) is 30.6 Å². The molecule has 2 heterocycles. The fourth-order valence-electron chi connectivity index (χ4n) is 2.31. The number of hydrogen-bond donors (Lipinski definition) is 4. The third-order valence-corrected chi connectivity index (χ3v) is 3.90. The monoisotopic (exact) mass is 403 g/mol. The van der Waals surface area contributed by atoms with Crippen LogP contribution in [0.15, 0.2) is 43.0 Å². The summed E-state index contributed by atoms with van der Waals surface area (Å²) >= 11 is 5.83. The summed E-state index contributed by atoms with van der Waals surface area (Å²) in [7, 11) is 0. The van der Waals surface area contributed by atoms with Gasteiger partial charge in [0.05, 0.1) is 16.9 Å². The first-order valence-corrected chi connectivity index (χ1v) is 8.31. The highest BCUT2D eigenvalue weighted by atomic mass is 35.5. The molecule has 2 aromatic heterocycles. The molecule has 0 aliphatic heterocycles. The van der Waals surface area contributed by atoms with Crippen LogP contribution in [0.1, 0.15) is 5.69 Å². The number of nitrogens with zero attached hydrogens (tertiary/aromatic N) is 4. The van der Waals surface area contributed by atoms with Crippen LogP contribution in [0.25, 0.3) is 0 Å². The van der Waals surface area contributed by atoms with E-state index in [-0.39, 0.29) is 18.2 Å². The maximum absolute atomic E-state index is 11.6. The van der Waals surface area contributed by atoms with Crippen LogP contribution in [0, 0.1) is 10.1 Å². The number of anilines is 3. The summed E-state index contributed by atoms with van der Waals surface area (Å²) in [6.45, 7) is 0. The van der Waals surface area contributed by atoms with Gasteiger partial charge in [-0.25, -0.2) is 14.8 Å². The minimum absolute atomic E-state index is 0.0000628. The predicted molar refractivity (Wildman–Crippen MR) is 101 cm³/mol. The van der Waals surface area contributed by atoms with E-state index in [0.29, 0.717) is 16.4 Å². The SMILES string of the molecule is O=C(O)C(Cc1c[nH]cn1)Nc1nc(Nc2ccc(Cl)cc2)ncc1[N+](=O)[O-]. The molecule has 11 nitrogen and oxygen atoms in total. The fraction of sp³-hybridized carbons (Fsp3) is 0.125. The second-order valence-electron chi connectivity index (χ2n) is 5.62. The zero-order valence-electron chi connectivity index (χ0n) is 14.2. The van der Waals surface area contributed by atoms with E-state index in [1.807, 2.05) is 0 Å². The predicted octanol–water partition coefficient (Wildman–Crippen LogP) is 2.61. The molecule has 12 heteroatoms. The van der Waals surface area contributed by atoms with Crippen LogP contribution in [0.5, 0.6) is 0 Å². The van der Waals surface area contributed by atoms with Crippen molar-refractivity contribution in [3.05, 3.63) is 63.8 Å². The highest BCUT2D eigenvalue weighted by Gasteiger charge is 2.25. The van der Waals surface area contributed by atoms with Crippen LogP contribution >= 0.6 is 11.6 Å². The van der Waals surface area contributed by atoms with E-state index in [1.54, 1.807) is 30.5 Å². The van der Waals surface area contributed by atoms with Gasteiger partial charge in [-0.2, -0.15) is 4.98 Å². The molecule has 28 heavy (non-hydrogen) atoms. The lowest BCUT2D eigenvalue weighted by Crippen LogP contribution is -2.32. The summed E-state index contributed by atoms with van der Waals surface area (Å²) in [5.41, 5.74) is 0.640. The van der Waals surface area contributed by atoms with Crippen LogP contribution in [-0.4, -0.2) is 42.0 Å². The third kappa shape index (κ3) is 4.71. The number of carboxylic acids is 1. The van der Waals surface area contributed by atoms with Crippen molar-refractivity contribution in [1.82, 2.24) is 19.9 Å². The van der Waals surface area contributed by atoms with E-state index in [9.17, 15) is 20.0 Å². The average Bonchev–Trinajstić information content (AvgIpc) is 3.16. The molecule has 144 valence electrons. The lowest BCUT2D eigenvalue weighted by atomic mass is 10.1. The summed E-state index contributed by atoms with van der Waals surface area (Å²) in [4.78, 5) is 36.8. The number of carbonyl (C=O) groups is 1. The first-order valence-electron chi connectivity index (χ1n) is 7.93. The Morgan fingerprint density at radius 1 is 1.32 bits per heavy atom. The minimum atomic E-state index is -1.21. The molecule has 0 bridgehead atoms. The van der Waals surface area contributed by atoms with Gasteiger partial charge in [0.15, 0.2) is 0 Å². The molecule has 1 unspecified atom stereocenters. The number of halogens is 1. The van der Waals surface area contributed by atoms with E-state index in [0.717, 1.165) is 6.20 Å². The minimum Gasteiger partial charge on any atom is -0.480 e. The van der Waals surface area contributed by atoms with E-state index in [1.165, 1.54) is 6.33 Å². The second-order valence-corrected chi connectivity index (χ2v) is 6.05. The van der Waals surface area contributed by atoms with Gasteiger partial charge in [-0.05, 0) is 24.3 Å². The molecule has 0 aliphatic carbocycles. The maximum atomic E-state index is 11.6. The summed E-state index contributed by atoms with van der Waals surface area (Å²) in [5.74, 6) is -1.37. The molecule has 0 aliphatic rings. The Hall–Kier alpha value is -3.73. The van der Waals surface area contributed by atoms with Crippen LogP contribution in [0.3, 0.4) is 0 Å². The van der Waals surface area contributed by atoms with Gasteiger partial charge in [0.25, 0.3) is 0 Å². The van der Waals surface area contributed by atoms with E-state index in [4.69, 9.17) is 11.6 Å². The number of imidazole rings is 1. The van der Waals surface area contributed by atoms with Gasteiger partial charge in [0.1, 0.15) is 12.2 Å². The topological polar surface area (TPSA) is 159 Å². The molecule has 0 saturated carbocycles. The lowest BCUT2D eigenvalue weighted by Gasteiger charge is -2.14. The van der Waals surface area contributed by atoms with Gasteiger partial charge < -0.3 is 20.7 Å². The maximum Gasteiger partial charge on any atom is 0.329 e. The van der Waals surface area contributed by atoms with Crippen molar-refractivity contribution in [3.63, 3.8) is 0 Å². The zero-order valence-corrected chi connectivity index (χ0v) is 14.9. The normalized spacial score (nSPS) is 11.6. The highest BCUT2D eigenvalue weighted by Crippen LogP contribution is 2.25. The number of nitro groups is 1. The molecule has 0 amide bonds. The molecule has 1 atom stereocenters. The number of H-pyrrole nitrogens is 1. The average molecular weight is 404 g/mol. The molecule has 0 saturated heterocycles. The van der Waals surface area contributed by atoms with Gasteiger partial charge in [0, 0.05) is 23.3 Å². The Labute approximate surface area is 163 Å². The number of aromatic nitrogens is 4. The van der Waals surface area contributed by atoms with Crippen molar-refractivity contribution >= 4 is 40.7 Å². The number of hydrogen-bond acceptors (Lipinski definition) is 8. The summed E-state index contributed by atoms with van der Waals surface area (Å²) < 4.78 is 0. The molecule has 0 fully saturated rings. The summed E-state index contributed by atoms with van der Waals surface area (Å²) in [5, 5.41) is 26.7. The highest BCUT2D eigenvalue weighted by molar-refractivity contribution is 6.30. The number of aromatic amines is 1. The van der Waals surface area contributed by atoms with E-state index >= 15 is 0 Å². The molecule has 0 spiro atoms. The van der Waals surface area contributed by atoms with Crippen LogP contribution in [0.4, 0.5) is 23.1 Å². The number of rotatable bonds is 8. The fourth-order valence-corrected chi connectivity index (χ4v) is 2.44. The molecule has 0 radical (unpaired) electrons. The Morgan fingerprint density at radius 3 is 2.68 bits per heavy atom. The standard InChI is InChI=1S/C16H14ClN7O4/c17-9-1-3-10(4-2-9)21-16-19-7-13(24(27)28)14(23-16)22-12(15(25)26)5-11-6-18-8-20-11/h1-4,6-8,12H,5H2,(H,18,20)(H,25,26)(H2,19,21,22,23). The van der Waals surface area contributed by atoms with Crippen molar-refractivity contribution in [2.75, 3.05) is 10.6 Å². The van der Waals surface area contributed by atoms with Gasteiger partial charge in [0.2, 0.25) is 11.8 Å². The smallest absolute Gasteiger partial charge is 0.329 e. The van der Waals surface area contributed by atoms with Crippen molar-refractivity contribution in [2.45, 2.75) is 12.5 Å². The Bertz CT molecular complexity index is 979. The number of benzene rings is 1. The van der Waals surface area contributed by atoms with Gasteiger partial charge in [-0.15, -0.1) is 0 Å². The molecule has 4 N–H and O–H groups in total. The number of aliphatic carboxylic acids is 1. The molecular weight excluding hydrogens is 390 g/mol. The molecule has 3 aromatic rings. The first-order chi connectivity index (χ1) is 13.4. The van der Waals surface area contributed by atoms with Crippen molar-refractivity contribution in [2.24, 2.45) is 0 Å². The zero-order chi connectivity index (χ0) is 20.1. The van der Waals surface area contributed by atoms with Crippen LogP contribution < -0.4 is 10.6 Å². The van der Waals surface area contributed by atoms with Crippen LogP contribution in [-0.2, 0) is 11.2 Å². The van der Waals surface area contributed by atoms with Crippen LogP contribution in [0.2, 0.25) is 5.02 Å². The summed E-state index contributed by atoms with van der Waals surface area (Å²) in [6.07, 6.45) is 3.95.